The zero-order valence-electron chi connectivity index (χ0n) is 15.5. The number of aryl methyl sites for hydroxylation is 1. The highest BCUT2D eigenvalue weighted by molar-refractivity contribution is 7.79. The topological polar surface area (TPSA) is 89.5 Å². The van der Waals surface area contributed by atoms with Crippen LogP contribution in [0.3, 0.4) is 0 Å². The van der Waals surface area contributed by atoms with E-state index in [-0.39, 0.29) is 0 Å². The Morgan fingerprint density at radius 3 is 2.07 bits per heavy atom. The summed E-state index contributed by atoms with van der Waals surface area (Å²) >= 11 is -4.33. The van der Waals surface area contributed by atoms with E-state index in [0.29, 0.717) is 9.79 Å². The Hall–Kier alpha value is -2.06. The zero-order valence-corrected chi connectivity index (χ0v) is 17.1. The summed E-state index contributed by atoms with van der Waals surface area (Å²) in [6.45, 7) is 5.40. The van der Waals surface area contributed by atoms with Gasteiger partial charge in [0.05, 0.1) is 7.11 Å². The van der Waals surface area contributed by atoms with Gasteiger partial charge >= 0.3 is 0 Å². The molecule has 0 aliphatic rings. The number of hydrogen-bond acceptors (Lipinski definition) is 5. The van der Waals surface area contributed by atoms with Gasteiger partial charge in [0.1, 0.15) is 5.75 Å². The Bertz CT molecular complexity index is 1010. The lowest BCUT2D eigenvalue weighted by Gasteiger charge is -2.17. The molecule has 0 spiro atoms. The second kappa shape index (κ2) is 9.23. The highest BCUT2D eigenvalue weighted by atomic mass is 32.2. The van der Waals surface area contributed by atoms with Crippen LogP contribution in [-0.4, -0.2) is 24.6 Å². The zero-order chi connectivity index (χ0) is 20.1. The molecular weight excluding hydrogens is 384 g/mol. The normalized spacial score (nSPS) is 12.8. The Balaban J connectivity index is 0.000000194. The molecule has 0 aliphatic heterocycles. The maximum atomic E-state index is 11.0. The van der Waals surface area contributed by atoms with Crippen LogP contribution in [0.4, 0.5) is 0 Å². The number of ether oxygens (including phenoxy) is 1. The van der Waals surface area contributed by atoms with Gasteiger partial charge in [-0.25, -0.2) is 0 Å². The van der Waals surface area contributed by atoms with Crippen molar-refractivity contribution in [2.24, 2.45) is 0 Å². The fourth-order valence-electron chi connectivity index (χ4n) is 2.83. The molecule has 0 radical (unpaired) electrons. The lowest BCUT2D eigenvalue weighted by Crippen LogP contribution is -2.01. The summed E-state index contributed by atoms with van der Waals surface area (Å²) in [5.41, 5.74) is 2.35. The first-order valence-corrected chi connectivity index (χ1v) is 10.2. The molecule has 3 rings (SSSR count). The first-order valence-electron chi connectivity index (χ1n) is 8.09. The molecule has 3 aromatic rings. The van der Waals surface area contributed by atoms with E-state index in [1.165, 1.54) is 0 Å². The van der Waals surface area contributed by atoms with Crippen LogP contribution in [0.5, 0.6) is 5.75 Å². The smallest absolute Gasteiger partial charge is 0.122 e. The minimum atomic E-state index is -2.18. The predicted octanol–water partition coefficient (Wildman–Crippen LogP) is 3.94. The van der Waals surface area contributed by atoms with Crippen LogP contribution >= 0.6 is 0 Å². The highest BCUT2D eigenvalue weighted by Gasteiger charge is 2.10. The summed E-state index contributed by atoms with van der Waals surface area (Å²) in [6, 6.07) is 14.4. The van der Waals surface area contributed by atoms with Crippen LogP contribution in [0.25, 0.3) is 10.8 Å². The molecule has 0 heterocycles. The van der Waals surface area contributed by atoms with Gasteiger partial charge in [-0.2, -0.15) is 0 Å². The molecular formula is C20H20O5S2-2. The Kier molecular flexibility index (Phi) is 7.26. The Labute approximate surface area is 164 Å². The fraction of sp³-hybridized carbons (Fsp3) is 0.200. The molecule has 0 aliphatic carbocycles. The average Bonchev–Trinajstić information content (AvgIpc) is 2.64. The van der Waals surface area contributed by atoms with Gasteiger partial charge < -0.3 is 13.8 Å². The second-order valence-corrected chi connectivity index (χ2v) is 7.71. The lowest BCUT2D eigenvalue weighted by molar-refractivity contribution is 0.410. The van der Waals surface area contributed by atoms with Crippen LogP contribution in [0.15, 0.2) is 58.3 Å². The number of methoxy groups -OCH3 is 1. The highest BCUT2D eigenvalue weighted by Crippen LogP contribution is 2.28. The van der Waals surface area contributed by atoms with E-state index in [9.17, 15) is 17.5 Å². The van der Waals surface area contributed by atoms with E-state index in [4.69, 9.17) is 4.74 Å². The first kappa shape index (κ1) is 21.2. The number of hydrogen-bond donors (Lipinski definition) is 0. The molecule has 2 atom stereocenters. The summed E-state index contributed by atoms with van der Waals surface area (Å²) in [6.07, 6.45) is 0. The maximum absolute atomic E-state index is 11.0. The molecule has 144 valence electrons. The third kappa shape index (κ3) is 4.81. The molecule has 27 heavy (non-hydrogen) atoms. The van der Waals surface area contributed by atoms with E-state index in [1.807, 2.05) is 31.2 Å². The van der Waals surface area contributed by atoms with E-state index in [0.717, 1.165) is 33.2 Å². The van der Waals surface area contributed by atoms with Crippen molar-refractivity contribution in [1.29, 1.82) is 0 Å². The van der Waals surface area contributed by atoms with Gasteiger partial charge in [-0.3, -0.25) is 8.42 Å². The van der Waals surface area contributed by atoms with Gasteiger partial charge in [-0.05, 0) is 82.5 Å². The summed E-state index contributed by atoms with van der Waals surface area (Å²) in [5.74, 6) is 0.731. The second-order valence-electron chi connectivity index (χ2n) is 5.92. The molecule has 0 saturated carbocycles. The van der Waals surface area contributed by atoms with Crippen molar-refractivity contribution < 1.29 is 22.3 Å². The van der Waals surface area contributed by atoms with Gasteiger partial charge in [0.2, 0.25) is 0 Å². The van der Waals surface area contributed by atoms with Crippen molar-refractivity contribution in [2.75, 3.05) is 7.11 Å². The molecule has 2 unspecified atom stereocenters. The van der Waals surface area contributed by atoms with Crippen LogP contribution in [-0.2, 0) is 22.2 Å². The van der Waals surface area contributed by atoms with Crippen molar-refractivity contribution in [3.8, 4) is 5.75 Å². The monoisotopic (exact) mass is 404 g/mol. The molecule has 3 aromatic carbocycles. The molecule has 5 nitrogen and oxygen atoms in total. The standard InChI is InChI=1S/C10H14O3S.C10H8O2S/c1-6-5-9(13-4)7(2)8(3)10(6)14(11)12;11-13(12)10-7-3-5-8-4-1-2-6-9(8)10/h5H,1-4H3,(H,11,12);1-7H,(H,11,12)/p-2. The first-order chi connectivity index (χ1) is 12.8. The number of rotatable bonds is 3. The number of benzene rings is 3. The van der Waals surface area contributed by atoms with Crippen LogP contribution in [0, 0.1) is 20.8 Å². The molecule has 0 fully saturated rings. The molecule has 0 aromatic heterocycles. The van der Waals surface area contributed by atoms with Gasteiger partial charge in [-0.1, -0.05) is 36.4 Å². The van der Waals surface area contributed by atoms with Crippen molar-refractivity contribution in [3.63, 3.8) is 0 Å². The van der Waals surface area contributed by atoms with Crippen molar-refractivity contribution in [2.45, 2.75) is 30.6 Å². The summed E-state index contributed by atoms with van der Waals surface area (Å²) in [4.78, 5) is 0.737. The predicted molar refractivity (Wildman–Crippen MR) is 106 cm³/mol. The van der Waals surface area contributed by atoms with E-state index >= 15 is 0 Å². The van der Waals surface area contributed by atoms with E-state index in [2.05, 4.69) is 0 Å². The van der Waals surface area contributed by atoms with E-state index in [1.54, 1.807) is 45.2 Å². The summed E-state index contributed by atoms with van der Waals surface area (Å²) < 4.78 is 48.7. The fourth-order valence-corrected chi connectivity index (χ4v) is 4.11. The van der Waals surface area contributed by atoms with E-state index < -0.39 is 22.2 Å². The SMILES string of the molecule is COc1cc(C)c(S(=O)[O-])c(C)c1C.O=S([O-])c1cccc2ccccc12. The van der Waals surface area contributed by atoms with Crippen molar-refractivity contribution in [1.82, 2.24) is 0 Å². The van der Waals surface area contributed by atoms with Gasteiger partial charge in [0.15, 0.2) is 0 Å². The Morgan fingerprint density at radius 2 is 1.48 bits per heavy atom. The minimum absolute atomic E-state index is 0.359. The van der Waals surface area contributed by atoms with Crippen LogP contribution in [0.2, 0.25) is 0 Å². The lowest BCUT2D eigenvalue weighted by atomic mass is 10.1. The van der Waals surface area contributed by atoms with Crippen molar-refractivity contribution >= 4 is 32.9 Å². The molecule has 0 amide bonds. The number of fused-ring (bicyclic) bond motifs is 1. The van der Waals surface area contributed by atoms with Gasteiger partial charge in [0, 0.05) is 9.79 Å². The molecule has 7 heteroatoms. The Morgan fingerprint density at radius 1 is 0.852 bits per heavy atom. The van der Waals surface area contributed by atoms with Gasteiger partial charge in [-0.15, -0.1) is 0 Å². The third-order valence-corrected chi connectivity index (χ3v) is 5.97. The van der Waals surface area contributed by atoms with Crippen LogP contribution in [0.1, 0.15) is 16.7 Å². The summed E-state index contributed by atoms with van der Waals surface area (Å²) in [5, 5.41) is 1.72. The molecule has 0 N–H and O–H groups in total. The van der Waals surface area contributed by atoms with Crippen LogP contribution < -0.4 is 4.74 Å². The average molecular weight is 405 g/mol. The summed E-state index contributed by atoms with van der Waals surface area (Å²) in [7, 11) is 1.58. The third-order valence-electron chi connectivity index (χ3n) is 4.29. The van der Waals surface area contributed by atoms with Gasteiger partial charge in [0.25, 0.3) is 0 Å². The molecule has 0 bridgehead atoms. The largest absolute Gasteiger partial charge is 0.768 e. The molecule has 0 saturated heterocycles. The quantitative estimate of drug-likeness (QED) is 0.617. The maximum Gasteiger partial charge on any atom is 0.122 e. The van der Waals surface area contributed by atoms with Crippen molar-refractivity contribution in [3.05, 3.63) is 65.2 Å². The minimum Gasteiger partial charge on any atom is -0.768 e.